The van der Waals surface area contributed by atoms with Crippen LogP contribution in [0.2, 0.25) is 5.02 Å². The molecule has 1 N–H and O–H groups in total. The summed E-state index contributed by atoms with van der Waals surface area (Å²) in [5, 5.41) is 9.26. The Morgan fingerprint density at radius 3 is 2.62 bits per heavy atom. The highest BCUT2D eigenvalue weighted by Gasteiger charge is 2.33. The van der Waals surface area contributed by atoms with E-state index in [9.17, 15) is 23.9 Å². The van der Waals surface area contributed by atoms with Crippen molar-refractivity contribution in [2.24, 2.45) is 4.99 Å². The molecule has 39 heavy (non-hydrogen) atoms. The number of carboxylic acids is 1. The van der Waals surface area contributed by atoms with E-state index in [1.54, 1.807) is 38.1 Å². The molecule has 0 amide bonds. The summed E-state index contributed by atoms with van der Waals surface area (Å²) in [4.78, 5) is 42.7. The summed E-state index contributed by atoms with van der Waals surface area (Å²) in [6.45, 7) is 3.49. The van der Waals surface area contributed by atoms with Gasteiger partial charge < -0.3 is 14.3 Å². The molecule has 0 fully saturated rings. The first-order valence-electron chi connectivity index (χ1n) is 11.8. The Labute approximate surface area is 229 Å². The van der Waals surface area contributed by atoms with E-state index in [1.807, 2.05) is 0 Å². The number of hydrogen-bond acceptors (Lipinski definition) is 7. The van der Waals surface area contributed by atoms with Gasteiger partial charge in [0, 0.05) is 11.6 Å². The van der Waals surface area contributed by atoms with Crippen LogP contribution in [0.4, 0.5) is 4.39 Å². The molecular weight excluding hydrogens is 547 g/mol. The van der Waals surface area contributed by atoms with E-state index in [-0.39, 0.29) is 22.8 Å². The molecule has 0 spiro atoms. The Bertz CT molecular complexity index is 1830. The summed E-state index contributed by atoms with van der Waals surface area (Å²) in [6.07, 6.45) is 1.56. The SMILES string of the molecule is CCOC(=O)C1=C(C)N=c2s/c(=C\c3ccc(-c4ccc(C(=O)O)c(Cl)c4)o3)c(=O)n2[C@H]1c1ccc(F)cc1. The summed E-state index contributed by atoms with van der Waals surface area (Å²) in [7, 11) is 0. The molecule has 0 aliphatic carbocycles. The van der Waals surface area contributed by atoms with Crippen LogP contribution >= 0.6 is 22.9 Å². The Hall–Kier alpha value is -4.28. The minimum absolute atomic E-state index is 0.0264. The second-order valence-electron chi connectivity index (χ2n) is 8.56. The molecular formula is C28H20ClFN2O6S. The quantitative estimate of drug-likeness (QED) is 0.343. The van der Waals surface area contributed by atoms with Crippen molar-refractivity contribution in [2.45, 2.75) is 19.9 Å². The monoisotopic (exact) mass is 566 g/mol. The molecule has 2 aromatic carbocycles. The minimum Gasteiger partial charge on any atom is -0.478 e. The van der Waals surface area contributed by atoms with Crippen molar-refractivity contribution >= 4 is 41.0 Å². The lowest BCUT2D eigenvalue weighted by atomic mass is 9.96. The van der Waals surface area contributed by atoms with Gasteiger partial charge in [0.2, 0.25) is 0 Å². The normalized spacial score (nSPS) is 15.2. The van der Waals surface area contributed by atoms with Crippen LogP contribution in [0.3, 0.4) is 0 Å². The number of carboxylic acid groups (broad SMARTS) is 1. The summed E-state index contributed by atoms with van der Waals surface area (Å²) >= 11 is 7.21. The number of benzene rings is 2. The zero-order chi connectivity index (χ0) is 27.8. The van der Waals surface area contributed by atoms with Crippen molar-refractivity contribution in [3.8, 4) is 11.3 Å². The molecule has 0 saturated heterocycles. The maximum atomic E-state index is 13.7. The van der Waals surface area contributed by atoms with Crippen LogP contribution in [0.15, 0.2) is 80.1 Å². The van der Waals surface area contributed by atoms with Gasteiger partial charge in [0.25, 0.3) is 5.56 Å². The zero-order valence-electron chi connectivity index (χ0n) is 20.6. The van der Waals surface area contributed by atoms with E-state index < -0.39 is 29.4 Å². The summed E-state index contributed by atoms with van der Waals surface area (Å²) < 4.78 is 26.5. The number of nitrogens with zero attached hydrogens (tertiary/aromatic N) is 2. The summed E-state index contributed by atoms with van der Waals surface area (Å²) in [5.41, 5.74) is 1.26. The molecule has 5 rings (SSSR count). The van der Waals surface area contributed by atoms with Gasteiger partial charge in [0.15, 0.2) is 4.80 Å². The van der Waals surface area contributed by atoms with Gasteiger partial charge >= 0.3 is 11.9 Å². The number of carbonyl (C=O) groups is 2. The third kappa shape index (κ3) is 4.96. The van der Waals surface area contributed by atoms with Crippen molar-refractivity contribution in [1.82, 2.24) is 4.57 Å². The second kappa shape index (κ2) is 10.5. The Morgan fingerprint density at radius 1 is 1.21 bits per heavy atom. The number of ether oxygens (including phenoxy) is 1. The predicted octanol–water partition coefficient (Wildman–Crippen LogP) is 4.55. The molecule has 1 aliphatic heterocycles. The lowest BCUT2D eigenvalue weighted by Gasteiger charge is -2.24. The van der Waals surface area contributed by atoms with Crippen molar-refractivity contribution < 1.29 is 28.2 Å². The number of halogens is 2. The topological polar surface area (TPSA) is 111 Å². The molecule has 0 saturated carbocycles. The fraction of sp³-hybridized carbons (Fsp3) is 0.143. The van der Waals surface area contributed by atoms with E-state index in [1.165, 1.54) is 41.0 Å². The van der Waals surface area contributed by atoms with Crippen molar-refractivity contribution in [1.29, 1.82) is 0 Å². The molecule has 1 atom stereocenters. The molecule has 11 heteroatoms. The molecule has 0 radical (unpaired) electrons. The summed E-state index contributed by atoms with van der Waals surface area (Å²) in [5.74, 6) is -1.39. The number of esters is 1. The Balaban J connectivity index is 1.60. The van der Waals surface area contributed by atoms with Crippen molar-refractivity contribution in [2.75, 3.05) is 6.61 Å². The standard InChI is InChI=1S/C28H20ClFN2O6S/c1-3-37-27(36)23-14(2)31-28-32(24(23)15-4-7-17(30)8-5-15)25(33)22(39-28)13-18-9-11-21(38-18)16-6-10-19(26(34)35)20(29)12-16/h4-13,24H,3H2,1-2H3,(H,34,35)/b22-13-/t24-/m0/s1. The minimum atomic E-state index is -1.14. The average molecular weight is 567 g/mol. The fourth-order valence-corrected chi connectivity index (χ4v) is 5.60. The van der Waals surface area contributed by atoms with E-state index in [4.69, 9.17) is 20.8 Å². The number of thiazole rings is 1. The highest BCUT2D eigenvalue weighted by Crippen LogP contribution is 2.31. The van der Waals surface area contributed by atoms with E-state index >= 15 is 0 Å². The van der Waals surface area contributed by atoms with Crippen LogP contribution in [0.5, 0.6) is 0 Å². The van der Waals surface area contributed by atoms with Gasteiger partial charge in [-0.2, -0.15) is 0 Å². The van der Waals surface area contributed by atoms with Crippen LogP contribution in [0.25, 0.3) is 17.4 Å². The number of furan rings is 1. The lowest BCUT2D eigenvalue weighted by molar-refractivity contribution is -0.139. The number of carbonyl (C=O) groups excluding carboxylic acids is 1. The van der Waals surface area contributed by atoms with Gasteiger partial charge in [-0.3, -0.25) is 9.36 Å². The van der Waals surface area contributed by atoms with Gasteiger partial charge in [0.05, 0.1) is 39.0 Å². The Morgan fingerprint density at radius 2 is 1.95 bits per heavy atom. The Kier molecular flexibility index (Phi) is 7.07. The molecule has 198 valence electrons. The number of allylic oxidation sites excluding steroid dienone is 1. The second-order valence-corrected chi connectivity index (χ2v) is 9.97. The largest absolute Gasteiger partial charge is 0.478 e. The van der Waals surface area contributed by atoms with Gasteiger partial charge in [-0.15, -0.1) is 0 Å². The zero-order valence-corrected chi connectivity index (χ0v) is 22.2. The van der Waals surface area contributed by atoms with Gasteiger partial charge in [-0.1, -0.05) is 41.1 Å². The van der Waals surface area contributed by atoms with Gasteiger partial charge in [-0.05, 0) is 55.8 Å². The number of rotatable bonds is 6. The number of hydrogen-bond donors (Lipinski definition) is 1. The van der Waals surface area contributed by atoms with Crippen LogP contribution in [0.1, 0.15) is 41.6 Å². The lowest BCUT2D eigenvalue weighted by Crippen LogP contribution is -2.39. The fourth-order valence-electron chi connectivity index (χ4n) is 4.31. The first-order chi connectivity index (χ1) is 18.7. The first kappa shape index (κ1) is 26.3. The highest BCUT2D eigenvalue weighted by atomic mass is 35.5. The molecule has 0 unspecified atom stereocenters. The van der Waals surface area contributed by atoms with Crippen LogP contribution < -0.4 is 14.9 Å². The van der Waals surface area contributed by atoms with E-state index in [2.05, 4.69) is 4.99 Å². The van der Waals surface area contributed by atoms with Crippen LogP contribution in [-0.2, 0) is 9.53 Å². The number of aromatic nitrogens is 1. The van der Waals surface area contributed by atoms with Gasteiger partial charge in [-0.25, -0.2) is 19.0 Å². The first-order valence-corrected chi connectivity index (χ1v) is 13.0. The van der Waals surface area contributed by atoms with Crippen molar-refractivity contribution in [3.05, 3.63) is 113 Å². The average Bonchev–Trinajstić information content (AvgIpc) is 3.48. The van der Waals surface area contributed by atoms with Crippen LogP contribution in [0, 0.1) is 5.82 Å². The smallest absolute Gasteiger partial charge is 0.338 e. The molecule has 2 aromatic heterocycles. The molecule has 8 nitrogen and oxygen atoms in total. The molecule has 3 heterocycles. The highest BCUT2D eigenvalue weighted by molar-refractivity contribution is 7.07. The number of aromatic carboxylic acids is 1. The van der Waals surface area contributed by atoms with E-state index in [0.717, 1.165) is 11.3 Å². The van der Waals surface area contributed by atoms with Crippen molar-refractivity contribution in [3.63, 3.8) is 0 Å². The van der Waals surface area contributed by atoms with Crippen LogP contribution in [-0.4, -0.2) is 28.2 Å². The molecule has 0 bridgehead atoms. The number of fused-ring (bicyclic) bond motifs is 1. The third-order valence-corrected chi connectivity index (χ3v) is 7.38. The van der Waals surface area contributed by atoms with E-state index in [0.29, 0.717) is 37.7 Å². The summed E-state index contributed by atoms with van der Waals surface area (Å²) in [6, 6.07) is 12.5. The molecule has 4 aromatic rings. The third-order valence-electron chi connectivity index (χ3n) is 6.09. The maximum absolute atomic E-state index is 13.7. The van der Waals surface area contributed by atoms with Gasteiger partial charge in [0.1, 0.15) is 17.3 Å². The maximum Gasteiger partial charge on any atom is 0.338 e. The predicted molar refractivity (Wildman–Crippen MR) is 143 cm³/mol. The molecule has 1 aliphatic rings.